The fourth-order valence-electron chi connectivity index (χ4n) is 4.74. The number of amides is 3. The van der Waals surface area contributed by atoms with Crippen LogP contribution in [0.4, 0.5) is 10.5 Å². The number of rotatable bonds is 5. The van der Waals surface area contributed by atoms with Crippen LogP contribution in [0.2, 0.25) is 5.02 Å². The van der Waals surface area contributed by atoms with Crippen molar-refractivity contribution in [2.24, 2.45) is 0 Å². The molecule has 2 aromatic rings. The number of benzene rings is 2. The highest BCUT2D eigenvalue weighted by Crippen LogP contribution is 2.27. The number of carbonyl (C=O) groups is 2. The molecule has 4 rings (SSSR count). The highest BCUT2D eigenvalue weighted by Gasteiger charge is 2.25. The molecule has 2 aromatic carbocycles. The summed E-state index contributed by atoms with van der Waals surface area (Å²) in [5.74, 6) is -0.0562. The van der Waals surface area contributed by atoms with Gasteiger partial charge in [0.25, 0.3) is 5.91 Å². The maximum Gasteiger partial charge on any atom is 0.321 e. The van der Waals surface area contributed by atoms with Crippen LogP contribution < -0.4 is 5.32 Å². The summed E-state index contributed by atoms with van der Waals surface area (Å²) in [5.41, 5.74) is 2.37. The number of hydrogen-bond donors (Lipinski definition) is 1. The fourth-order valence-corrected chi connectivity index (χ4v) is 5.01. The molecule has 0 atom stereocenters. The van der Waals surface area contributed by atoms with Crippen LogP contribution >= 0.6 is 11.6 Å². The van der Waals surface area contributed by atoms with Gasteiger partial charge in [-0.15, -0.1) is 0 Å². The van der Waals surface area contributed by atoms with Crippen LogP contribution in [0.25, 0.3) is 0 Å². The lowest BCUT2D eigenvalue weighted by molar-refractivity contribution is 0.0696. The standard InChI is InChI=1S/C26H33ClN4O2/c1-29(22-10-6-3-7-11-22)25(32)23-13-12-21(18-24(23)27)28-26(33)31-16-14-30(15-17-31)19-20-8-4-2-5-9-20/h2,4-5,8-9,12-13,18,22H,3,6-7,10-11,14-17,19H2,1H3,(H,28,33). The second-order valence-electron chi connectivity index (χ2n) is 9.08. The van der Waals surface area contributed by atoms with E-state index in [4.69, 9.17) is 11.6 Å². The lowest BCUT2D eigenvalue weighted by atomic mass is 9.94. The fraction of sp³-hybridized carbons (Fsp3) is 0.462. The van der Waals surface area contributed by atoms with Gasteiger partial charge in [0.15, 0.2) is 0 Å². The average molecular weight is 469 g/mol. The first-order chi connectivity index (χ1) is 16.0. The van der Waals surface area contributed by atoms with Gasteiger partial charge >= 0.3 is 6.03 Å². The number of urea groups is 1. The second-order valence-corrected chi connectivity index (χ2v) is 9.49. The van der Waals surface area contributed by atoms with Gasteiger partial charge in [-0.1, -0.05) is 61.2 Å². The van der Waals surface area contributed by atoms with Crippen LogP contribution in [0.3, 0.4) is 0 Å². The molecule has 1 saturated carbocycles. The highest BCUT2D eigenvalue weighted by atomic mass is 35.5. The molecule has 1 saturated heterocycles. The van der Waals surface area contributed by atoms with Crippen molar-refractivity contribution in [3.63, 3.8) is 0 Å². The minimum absolute atomic E-state index is 0.0562. The molecular formula is C26H33ClN4O2. The van der Waals surface area contributed by atoms with E-state index in [0.717, 1.165) is 32.5 Å². The summed E-state index contributed by atoms with van der Waals surface area (Å²) in [6.45, 7) is 3.93. The molecule has 0 aromatic heterocycles. The van der Waals surface area contributed by atoms with Gasteiger partial charge in [-0.25, -0.2) is 4.79 Å². The van der Waals surface area contributed by atoms with Crippen LogP contribution in [-0.2, 0) is 6.54 Å². The molecule has 1 aliphatic heterocycles. The highest BCUT2D eigenvalue weighted by molar-refractivity contribution is 6.34. The first kappa shape index (κ1) is 23.6. The summed E-state index contributed by atoms with van der Waals surface area (Å²) in [6.07, 6.45) is 5.68. The molecule has 2 aliphatic rings. The van der Waals surface area contributed by atoms with E-state index >= 15 is 0 Å². The van der Waals surface area contributed by atoms with Gasteiger partial charge in [-0.2, -0.15) is 0 Å². The summed E-state index contributed by atoms with van der Waals surface area (Å²) < 4.78 is 0. The zero-order valence-electron chi connectivity index (χ0n) is 19.3. The Bertz CT molecular complexity index is 954. The van der Waals surface area contributed by atoms with Crippen molar-refractivity contribution in [2.75, 3.05) is 38.5 Å². The van der Waals surface area contributed by atoms with Crippen molar-refractivity contribution in [2.45, 2.75) is 44.7 Å². The van der Waals surface area contributed by atoms with Gasteiger partial charge in [0.1, 0.15) is 0 Å². The molecule has 0 bridgehead atoms. The predicted octanol–water partition coefficient (Wildman–Crippen LogP) is 5.09. The van der Waals surface area contributed by atoms with E-state index in [1.54, 1.807) is 18.2 Å². The summed E-state index contributed by atoms with van der Waals surface area (Å²) in [5, 5.41) is 3.30. The monoisotopic (exact) mass is 468 g/mol. The summed E-state index contributed by atoms with van der Waals surface area (Å²) >= 11 is 6.45. The molecule has 1 aliphatic carbocycles. The molecule has 0 unspecified atom stereocenters. The van der Waals surface area contributed by atoms with Crippen molar-refractivity contribution in [3.8, 4) is 0 Å². The lowest BCUT2D eigenvalue weighted by Crippen LogP contribution is -2.49. The second kappa shape index (κ2) is 11.0. The Hall–Kier alpha value is -2.57. The summed E-state index contributed by atoms with van der Waals surface area (Å²) in [6, 6.07) is 15.7. The summed E-state index contributed by atoms with van der Waals surface area (Å²) in [7, 11) is 1.86. The first-order valence-corrected chi connectivity index (χ1v) is 12.3. The Morgan fingerprint density at radius 1 is 1.00 bits per heavy atom. The molecule has 1 heterocycles. The van der Waals surface area contributed by atoms with Crippen molar-refractivity contribution in [3.05, 3.63) is 64.7 Å². The van der Waals surface area contributed by atoms with Crippen LogP contribution in [-0.4, -0.2) is 65.9 Å². The Morgan fingerprint density at radius 2 is 1.70 bits per heavy atom. The van der Waals surface area contributed by atoms with Crippen molar-refractivity contribution < 1.29 is 9.59 Å². The number of anilines is 1. The number of nitrogens with zero attached hydrogens (tertiary/aromatic N) is 3. The maximum atomic E-state index is 12.9. The lowest BCUT2D eigenvalue weighted by Gasteiger charge is -2.34. The molecule has 176 valence electrons. The number of halogens is 1. The zero-order chi connectivity index (χ0) is 23.2. The van der Waals surface area contributed by atoms with Gasteiger partial charge in [0.2, 0.25) is 0 Å². The Balaban J connectivity index is 1.29. The Morgan fingerprint density at radius 3 is 2.36 bits per heavy atom. The molecule has 3 amide bonds. The third-order valence-corrected chi connectivity index (χ3v) is 7.11. The molecular weight excluding hydrogens is 436 g/mol. The van der Waals surface area contributed by atoms with Crippen LogP contribution in [0, 0.1) is 0 Å². The minimum atomic E-state index is -0.135. The maximum absolute atomic E-state index is 12.9. The van der Waals surface area contributed by atoms with Gasteiger partial charge < -0.3 is 15.1 Å². The Kier molecular flexibility index (Phi) is 7.89. The molecule has 6 nitrogen and oxygen atoms in total. The van der Waals surface area contributed by atoms with E-state index in [-0.39, 0.29) is 18.0 Å². The number of hydrogen-bond acceptors (Lipinski definition) is 3. The van der Waals surface area contributed by atoms with Crippen molar-refractivity contribution >= 4 is 29.2 Å². The quantitative estimate of drug-likeness (QED) is 0.664. The predicted molar refractivity (Wildman–Crippen MR) is 133 cm³/mol. The molecule has 7 heteroatoms. The van der Waals surface area contributed by atoms with Gasteiger partial charge in [-0.05, 0) is 36.6 Å². The molecule has 0 spiro atoms. The average Bonchev–Trinajstić information content (AvgIpc) is 2.85. The zero-order valence-corrected chi connectivity index (χ0v) is 20.1. The van der Waals surface area contributed by atoms with E-state index in [9.17, 15) is 9.59 Å². The van der Waals surface area contributed by atoms with Crippen LogP contribution in [0.5, 0.6) is 0 Å². The van der Waals surface area contributed by atoms with Gasteiger partial charge in [0, 0.05) is 51.5 Å². The van der Waals surface area contributed by atoms with Crippen molar-refractivity contribution in [1.29, 1.82) is 0 Å². The van der Waals surface area contributed by atoms with E-state index < -0.39 is 0 Å². The van der Waals surface area contributed by atoms with E-state index in [0.29, 0.717) is 29.4 Å². The molecule has 33 heavy (non-hydrogen) atoms. The topological polar surface area (TPSA) is 55.9 Å². The third-order valence-electron chi connectivity index (χ3n) is 6.80. The van der Waals surface area contributed by atoms with Crippen molar-refractivity contribution in [1.82, 2.24) is 14.7 Å². The number of nitrogens with one attached hydrogen (secondary N) is 1. The van der Waals surface area contributed by atoms with Crippen LogP contribution in [0.1, 0.15) is 48.0 Å². The van der Waals surface area contributed by atoms with Crippen LogP contribution in [0.15, 0.2) is 48.5 Å². The summed E-state index contributed by atoms with van der Waals surface area (Å²) in [4.78, 5) is 31.7. The smallest absolute Gasteiger partial charge is 0.321 e. The Labute approximate surface area is 201 Å². The van der Waals surface area contributed by atoms with Gasteiger partial charge in [-0.3, -0.25) is 9.69 Å². The first-order valence-electron chi connectivity index (χ1n) is 11.9. The number of piperazine rings is 1. The molecule has 0 radical (unpaired) electrons. The van der Waals surface area contributed by atoms with E-state index in [1.165, 1.54) is 24.8 Å². The normalized spacial score (nSPS) is 17.6. The minimum Gasteiger partial charge on any atom is -0.339 e. The number of carbonyl (C=O) groups excluding carboxylic acids is 2. The SMILES string of the molecule is CN(C(=O)c1ccc(NC(=O)N2CCN(Cc3ccccc3)CC2)cc1Cl)C1CCCCC1. The molecule has 2 fully saturated rings. The van der Waals surface area contributed by atoms with Gasteiger partial charge in [0.05, 0.1) is 10.6 Å². The third kappa shape index (κ3) is 6.06. The van der Waals surface area contributed by atoms with E-state index in [1.807, 2.05) is 22.9 Å². The molecule has 1 N–H and O–H groups in total. The van der Waals surface area contributed by atoms with E-state index in [2.05, 4.69) is 34.5 Å². The largest absolute Gasteiger partial charge is 0.339 e.